The van der Waals surface area contributed by atoms with Crippen molar-refractivity contribution in [1.29, 1.82) is 0 Å². The van der Waals surface area contributed by atoms with Crippen molar-refractivity contribution < 1.29 is 0 Å². The minimum Gasteiger partial charge on any atom is -0.319 e. The van der Waals surface area contributed by atoms with E-state index in [0.717, 1.165) is 18.7 Å². The van der Waals surface area contributed by atoms with Gasteiger partial charge in [0.1, 0.15) is 0 Å². The van der Waals surface area contributed by atoms with Gasteiger partial charge in [0.25, 0.3) is 0 Å². The molecule has 0 aliphatic carbocycles. The van der Waals surface area contributed by atoms with Crippen LogP contribution < -0.4 is 5.32 Å². The largest absolute Gasteiger partial charge is 0.319 e. The van der Waals surface area contributed by atoms with Gasteiger partial charge in [0.2, 0.25) is 0 Å². The van der Waals surface area contributed by atoms with Crippen molar-refractivity contribution >= 4 is 11.3 Å². The maximum Gasteiger partial charge on any atom is 0.0782 e. The van der Waals surface area contributed by atoms with Gasteiger partial charge >= 0.3 is 0 Å². The maximum atomic E-state index is 4.08. The predicted molar refractivity (Wildman–Crippen MR) is 59.5 cm³/mol. The summed E-state index contributed by atoms with van der Waals surface area (Å²) in [6, 6.07) is 4.17. The second kappa shape index (κ2) is 4.39. The van der Waals surface area contributed by atoms with Crippen molar-refractivity contribution in [3.8, 4) is 10.6 Å². The summed E-state index contributed by atoms with van der Waals surface area (Å²) < 4.78 is 0. The molecule has 0 bridgehead atoms. The molecular formula is C10H13N3S. The number of hydrogen-bond donors (Lipinski definition) is 2. The van der Waals surface area contributed by atoms with Gasteiger partial charge in [-0.15, -0.1) is 11.3 Å². The average Bonchev–Trinajstić information content (AvgIpc) is 2.84. The van der Waals surface area contributed by atoms with Crippen LogP contribution in [0.3, 0.4) is 0 Å². The van der Waals surface area contributed by atoms with Crippen molar-refractivity contribution in [1.82, 2.24) is 15.5 Å². The van der Waals surface area contributed by atoms with Gasteiger partial charge in [-0.2, -0.15) is 5.10 Å². The third-order valence-corrected chi connectivity index (χ3v) is 3.02. The van der Waals surface area contributed by atoms with Gasteiger partial charge in [0.05, 0.1) is 16.8 Å². The SMILES string of the molecule is CNCCc1cn[nH]c1-c1cccs1. The van der Waals surface area contributed by atoms with Crippen molar-refractivity contribution in [2.24, 2.45) is 0 Å². The van der Waals surface area contributed by atoms with Crippen LogP contribution in [0, 0.1) is 0 Å². The Morgan fingerprint density at radius 3 is 3.21 bits per heavy atom. The summed E-state index contributed by atoms with van der Waals surface area (Å²) in [6.07, 6.45) is 2.92. The summed E-state index contributed by atoms with van der Waals surface area (Å²) in [5, 5.41) is 12.4. The van der Waals surface area contributed by atoms with E-state index in [2.05, 4.69) is 33.0 Å². The smallest absolute Gasteiger partial charge is 0.0782 e. The fourth-order valence-electron chi connectivity index (χ4n) is 1.39. The van der Waals surface area contributed by atoms with Crippen molar-refractivity contribution in [2.45, 2.75) is 6.42 Å². The van der Waals surface area contributed by atoms with Crippen molar-refractivity contribution in [3.05, 3.63) is 29.3 Å². The fourth-order valence-corrected chi connectivity index (χ4v) is 2.15. The molecule has 2 rings (SSSR count). The zero-order chi connectivity index (χ0) is 9.80. The molecule has 4 heteroatoms. The summed E-state index contributed by atoms with van der Waals surface area (Å²) in [4.78, 5) is 1.26. The molecule has 2 N–H and O–H groups in total. The minimum atomic E-state index is 0.984. The van der Waals surface area contributed by atoms with Gasteiger partial charge in [-0.05, 0) is 37.0 Å². The highest BCUT2D eigenvalue weighted by Gasteiger charge is 2.07. The van der Waals surface area contributed by atoms with Gasteiger partial charge in [0, 0.05) is 0 Å². The molecule has 0 aliphatic rings. The number of rotatable bonds is 4. The number of H-pyrrole nitrogens is 1. The Morgan fingerprint density at radius 1 is 1.57 bits per heavy atom. The van der Waals surface area contributed by atoms with Crippen LogP contribution in [0.25, 0.3) is 10.6 Å². The average molecular weight is 207 g/mol. The molecule has 0 amide bonds. The predicted octanol–water partition coefficient (Wildman–Crippen LogP) is 1.90. The fraction of sp³-hybridized carbons (Fsp3) is 0.300. The molecule has 0 radical (unpaired) electrons. The van der Waals surface area contributed by atoms with Gasteiger partial charge in [0.15, 0.2) is 0 Å². The molecule has 0 saturated heterocycles. The van der Waals surface area contributed by atoms with Crippen LogP contribution in [0.4, 0.5) is 0 Å². The Morgan fingerprint density at radius 2 is 2.50 bits per heavy atom. The van der Waals surface area contributed by atoms with E-state index >= 15 is 0 Å². The Kier molecular flexibility index (Phi) is 2.96. The third-order valence-electron chi connectivity index (χ3n) is 2.13. The Balaban J connectivity index is 2.22. The summed E-state index contributed by atoms with van der Waals surface area (Å²) in [7, 11) is 1.96. The number of nitrogens with zero attached hydrogens (tertiary/aromatic N) is 1. The third kappa shape index (κ3) is 1.86. The molecule has 0 unspecified atom stereocenters. The Labute approximate surface area is 87.2 Å². The molecule has 14 heavy (non-hydrogen) atoms. The second-order valence-electron chi connectivity index (χ2n) is 3.10. The molecule has 0 spiro atoms. The standard InChI is InChI=1S/C10H13N3S/c1-11-5-4-8-7-12-13-10(8)9-3-2-6-14-9/h2-3,6-7,11H,4-5H2,1H3,(H,12,13). The lowest BCUT2D eigenvalue weighted by Gasteiger charge is -1.99. The first kappa shape index (κ1) is 9.43. The lowest BCUT2D eigenvalue weighted by atomic mass is 10.1. The van der Waals surface area contributed by atoms with Crippen LogP contribution in [0.5, 0.6) is 0 Å². The maximum absolute atomic E-state index is 4.08. The first-order chi connectivity index (χ1) is 6.92. The number of likely N-dealkylation sites (N-methyl/N-ethyl adjacent to an activating group) is 1. The molecule has 2 heterocycles. The number of nitrogens with one attached hydrogen (secondary N) is 2. The van der Waals surface area contributed by atoms with Crippen molar-refractivity contribution in [3.63, 3.8) is 0 Å². The van der Waals surface area contributed by atoms with Crippen LogP contribution in [0.1, 0.15) is 5.56 Å². The van der Waals surface area contributed by atoms with Crippen LogP contribution in [0.15, 0.2) is 23.7 Å². The quantitative estimate of drug-likeness (QED) is 0.804. The molecule has 0 aliphatic heterocycles. The molecule has 0 aromatic carbocycles. The van der Waals surface area contributed by atoms with Crippen LogP contribution in [0.2, 0.25) is 0 Å². The molecule has 74 valence electrons. The Bertz CT molecular complexity index is 378. The topological polar surface area (TPSA) is 40.7 Å². The van der Waals surface area contributed by atoms with Crippen LogP contribution in [-0.4, -0.2) is 23.8 Å². The number of aromatic nitrogens is 2. The van der Waals surface area contributed by atoms with E-state index < -0.39 is 0 Å². The van der Waals surface area contributed by atoms with E-state index in [9.17, 15) is 0 Å². The Hall–Kier alpha value is -1.13. The molecule has 0 atom stereocenters. The van der Waals surface area contributed by atoms with Crippen molar-refractivity contribution in [2.75, 3.05) is 13.6 Å². The monoisotopic (exact) mass is 207 g/mol. The number of thiophene rings is 1. The molecule has 2 aromatic heterocycles. The van der Waals surface area contributed by atoms with Crippen LogP contribution in [-0.2, 0) is 6.42 Å². The van der Waals surface area contributed by atoms with Gasteiger partial charge < -0.3 is 5.32 Å². The summed E-state index contributed by atoms with van der Waals surface area (Å²) in [5.41, 5.74) is 2.44. The van der Waals surface area contributed by atoms with Gasteiger partial charge in [-0.3, -0.25) is 5.10 Å². The number of aromatic amines is 1. The van der Waals surface area contributed by atoms with Gasteiger partial charge in [-0.25, -0.2) is 0 Å². The summed E-state index contributed by atoms with van der Waals surface area (Å²) in [6.45, 7) is 0.984. The molecule has 2 aromatic rings. The van der Waals surface area contributed by atoms with E-state index in [0.29, 0.717) is 0 Å². The molecule has 0 saturated carbocycles. The molecule has 0 fully saturated rings. The van der Waals surface area contributed by atoms with Gasteiger partial charge in [-0.1, -0.05) is 6.07 Å². The zero-order valence-corrected chi connectivity index (χ0v) is 8.90. The van der Waals surface area contributed by atoms with E-state index in [1.165, 1.54) is 10.4 Å². The first-order valence-corrected chi connectivity index (χ1v) is 5.50. The minimum absolute atomic E-state index is 0.984. The normalized spacial score (nSPS) is 10.6. The molecule has 3 nitrogen and oxygen atoms in total. The van der Waals surface area contributed by atoms with E-state index in [1.807, 2.05) is 13.2 Å². The first-order valence-electron chi connectivity index (χ1n) is 4.62. The summed E-state index contributed by atoms with van der Waals surface area (Å²) >= 11 is 1.74. The summed E-state index contributed by atoms with van der Waals surface area (Å²) in [5.74, 6) is 0. The highest BCUT2D eigenvalue weighted by Crippen LogP contribution is 2.25. The number of hydrogen-bond acceptors (Lipinski definition) is 3. The highest BCUT2D eigenvalue weighted by molar-refractivity contribution is 7.13. The zero-order valence-electron chi connectivity index (χ0n) is 8.08. The van der Waals surface area contributed by atoms with E-state index in [1.54, 1.807) is 11.3 Å². The van der Waals surface area contributed by atoms with Crippen LogP contribution >= 0.6 is 11.3 Å². The van der Waals surface area contributed by atoms with E-state index in [-0.39, 0.29) is 0 Å². The lowest BCUT2D eigenvalue weighted by molar-refractivity contribution is 0.793. The molecular weight excluding hydrogens is 194 g/mol. The second-order valence-corrected chi connectivity index (χ2v) is 4.05. The lowest BCUT2D eigenvalue weighted by Crippen LogP contribution is -2.10. The van der Waals surface area contributed by atoms with E-state index in [4.69, 9.17) is 0 Å². The highest BCUT2D eigenvalue weighted by atomic mass is 32.1.